The average molecular weight is 542 g/mol. The highest BCUT2D eigenvalue weighted by atomic mass is 35.5. The van der Waals surface area contributed by atoms with E-state index in [1.807, 2.05) is 6.92 Å². The van der Waals surface area contributed by atoms with E-state index in [4.69, 9.17) is 16.3 Å². The first kappa shape index (κ1) is 25.5. The number of aromatic nitrogens is 1. The lowest BCUT2D eigenvalue weighted by Crippen LogP contribution is -2.40. The molecule has 1 fully saturated rings. The van der Waals surface area contributed by atoms with E-state index in [1.54, 1.807) is 6.07 Å². The van der Waals surface area contributed by atoms with E-state index in [-0.39, 0.29) is 16.0 Å². The minimum Gasteiger partial charge on any atom is -0.380 e. The highest BCUT2D eigenvalue weighted by Gasteiger charge is 2.33. The summed E-state index contributed by atoms with van der Waals surface area (Å²) in [5.41, 5.74) is 3.38. The fourth-order valence-electron chi connectivity index (χ4n) is 4.21. The number of hydrogen-bond donors (Lipinski definition) is 0. The molecule has 2 aromatic heterocycles. The summed E-state index contributed by atoms with van der Waals surface area (Å²) in [6, 6.07) is 7.37. The number of carbonyl (C=O) groups is 1. The zero-order valence-corrected chi connectivity index (χ0v) is 22.6. The smallest absolute Gasteiger partial charge is 0.252 e. The molecule has 3 heterocycles. The molecule has 1 aromatic carbocycles. The van der Waals surface area contributed by atoms with Gasteiger partial charge < -0.3 is 9.30 Å². The van der Waals surface area contributed by atoms with Gasteiger partial charge in [0.2, 0.25) is 0 Å². The van der Waals surface area contributed by atoms with Crippen molar-refractivity contribution in [1.82, 2.24) is 8.87 Å². The lowest BCUT2D eigenvalue weighted by atomic mass is 9.98. The quantitative estimate of drug-likeness (QED) is 0.409. The number of aryl methyl sites for hydroxylation is 2. The average Bonchev–Trinajstić information content (AvgIpc) is 3.39. The Kier molecular flexibility index (Phi) is 7.95. The van der Waals surface area contributed by atoms with E-state index in [0.29, 0.717) is 54.8 Å². The molecule has 0 unspecified atom stereocenters. The van der Waals surface area contributed by atoms with Gasteiger partial charge in [0.15, 0.2) is 4.80 Å². The maximum Gasteiger partial charge on any atom is 0.252 e. The molecule has 0 bridgehead atoms. The predicted octanol–water partition coefficient (Wildman–Crippen LogP) is 4.60. The van der Waals surface area contributed by atoms with Crippen LogP contribution in [0.5, 0.6) is 0 Å². The monoisotopic (exact) mass is 541 g/mol. The molecule has 1 amide bonds. The van der Waals surface area contributed by atoms with Crippen LogP contribution < -0.4 is 4.80 Å². The molecular weight excluding hydrogens is 514 g/mol. The van der Waals surface area contributed by atoms with Crippen LogP contribution in [0.25, 0.3) is 10.2 Å². The van der Waals surface area contributed by atoms with E-state index in [2.05, 4.69) is 35.5 Å². The number of benzene rings is 1. The number of piperidine rings is 1. The van der Waals surface area contributed by atoms with Gasteiger partial charge in [-0.1, -0.05) is 29.0 Å². The van der Waals surface area contributed by atoms with Gasteiger partial charge in [-0.25, -0.2) is 8.42 Å². The van der Waals surface area contributed by atoms with Crippen molar-refractivity contribution < 1.29 is 17.9 Å². The Morgan fingerprint density at radius 1 is 1.21 bits per heavy atom. The molecule has 1 aliphatic rings. The Bertz CT molecular complexity index is 1370. The highest BCUT2D eigenvalue weighted by Crippen LogP contribution is 2.31. The van der Waals surface area contributed by atoms with Crippen molar-refractivity contribution in [2.75, 3.05) is 26.3 Å². The SMILES string of the molecule is CCOCCn1c(=NC(=O)C2CCN(S(=O)(=O)c3ccc(Cl)s3)CC2)sc2c(C)cc(C)cc21. The number of fused-ring (bicyclic) bond motifs is 1. The first-order valence-corrected chi connectivity index (χ1v) is 14.7. The number of halogens is 1. The summed E-state index contributed by atoms with van der Waals surface area (Å²) in [5.74, 6) is -0.492. The van der Waals surface area contributed by atoms with E-state index in [1.165, 1.54) is 21.7 Å². The van der Waals surface area contributed by atoms with Crippen LogP contribution in [0, 0.1) is 19.8 Å². The number of ether oxygens (including phenoxy) is 1. The maximum absolute atomic E-state index is 13.1. The molecule has 0 aliphatic carbocycles. The number of amides is 1. The molecule has 0 radical (unpaired) electrons. The van der Waals surface area contributed by atoms with Crippen LogP contribution in [-0.4, -0.2) is 49.5 Å². The lowest BCUT2D eigenvalue weighted by Gasteiger charge is -2.29. The zero-order valence-electron chi connectivity index (χ0n) is 19.4. The van der Waals surface area contributed by atoms with Crippen LogP contribution in [0.1, 0.15) is 30.9 Å². The molecule has 11 heteroatoms. The van der Waals surface area contributed by atoms with Crippen LogP contribution >= 0.6 is 34.3 Å². The number of nitrogens with zero attached hydrogens (tertiary/aromatic N) is 3. The standard InChI is InChI=1S/C23H28ClN3O4S3/c1-4-31-12-11-27-18-14-15(2)13-16(3)21(18)33-23(27)25-22(28)17-7-9-26(10-8-17)34(29,30)20-6-5-19(24)32-20/h5-6,13-14,17H,4,7-12H2,1-3H3. The molecule has 34 heavy (non-hydrogen) atoms. The second-order valence-corrected chi connectivity index (χ2v) is 13.2. The Balaban J connectivity index is 1.55. The van der Waals surface area contributed by atoms with Gasteiger partial charge in [0.05, 0.1) is 21.2 Å². The van der Waals surface area contributed by atoms with Gasteiger partial charge in [-0.3, -0.25) is 4.79 Å². The summed E-state index contributed by atoms with van der Waals surface area (Å²) < 4.78 is 36.6. The van der Waals surface area contributed by atoms with Gasteiger partial charge in [-0.15, -0.1) is 11.3 Å². The summed E-state index contributed by atoms with van der Waals surface area (Å²) >= 11 is 8.48. The summed E-state index contributed by atoms with van der Waals surface area (Å²) in [6.45, 7) is 8.46. The maximum atomic E-state index is 13.1. The van der Waals surface area contributed by atoms with Crippen molar-refractivity contribution in [3.05, 3.63) is 44.5 Å². The van der Waals surface area contributed by atoms with Crippen molar-refractivity contribution in [1.29, 1.82) is 0 Å². The minimum absolute atomic E-state index is 0.192. The Labute approximate surface area is 212 Å². The number of hydrogen-bond acceptors (Lipinski definition) is 6. The molecule has 4 rings (SSSR count). The van der Waals surface area contributed by atoms with E-state index < -0.39 is 10.0 Å². The highest BCUT2D eigenvalue weighted by molar-refractivity contribution is 7.91. The third-order valence-electron chi connectivity index (χ3n) is 5.93. The molecule has 0 saturated carbocycles. The van der Waals surface area contributed by atoms with Gasteiger partial charge in [-0.2, -0.15) is 9.30 Å². The number of thiophene rings is 1. The molecule has 1 aliphatic heterocycles. The summed E-state index contributed by atoms with van der Waals surface area (Å²) in [6.07, 6.45) is 0.894. The summed E-state index contributed by atoms with van der Waals surface area (Å²) in [7, 11) is -3.59. The van der Waals surface area contributed by atoms with Gasteiger partial charge in [0, 0.05) is 32.2 Å². The van der Waals surface area contributed by atoms with Gasteiger partial charge in [0.1, 0.15) is 4.21 Å². The number of carbonyl (C=O) groups excluding carboxylic acids is 1. The predicted molar refractivity (Wildman–Crippen MR) is 137 cm³/mol. The summed E-state index contributed by atoms with van der Waals surface area (Å²) in [5, 5.41) is 0. The van der Waals surface area contributed by atoms with Crippen molar-refractivity contribution in [2.24, 2.45) is 10.9 Å². The summed E-state index contributed by atoms with van der Waals surface area (Å²) in [4.78, 5) is 18.3. The largest absolute Gasteiger partial charge is 0.380 e. The van der Waals surface area contributed by atoms with Crippen molar-refractivity contribution >= 4 is 60.4 Å². The van der Waals surface area contributed by atoms with Crippen LogP contribution in [0.15, 0.2) is 33.5 Å². The van der Waals surface area contributed by atoms with Gasteiger partial charge in [0.25, 0.3) is 15.9 Å². The van der Waals surface area contributed by atoms with Crippen LogP contribution in [-0.2, 0) is 26.1 Å². The lowest BCUT2D eigenvalue weighted by molar-refractivity contribution is -0.122. The fourth-order valence-corrected chi connectivity index (χ4v) is 8.42. The fraction of sp³-hybridized carbons (Fsp3) is 0.478. The van der Waals surface area contributed by atoms with Crippen LogP contribution in [0.4, 0.5) is 0 Å². The first-order chi connectivity index (χ1) is 16.2. The zero-order chi connectivity index (χ0) is 24.5. The normalized spacial score (nSPS) is 16.5. The molecular formula is C23H28ClN3O4S3. The third-order valence-corrected chi connectivity index (χ3v) is 10.8. The second kappa shape index (κ2) is 10.6. The van der Waals surface area contributed by atoms with Crippen LogP contribution in [0.3, 0.4) is 0 Å². The molecule has 7 nitrogen and oxygen atoms in total. The Hall–Kier alpha value is -1.56. The molecule has 0 N–H and O–H groups in total. The molecule has 184 valence electrons. The molecule has 3 aromatic rings. The van der Waals surface area contributed by atoms with Crippen molar-refractivity contribution in [3.8, 4) is 0 Å². The first-order valence-electron chi connectivity index (χ1n) is 11.2. The minimum atomic E-state index is -3.59. The number of rotatable bonds is 7. The molecule has 0 spiro atoms. The number of thiazole rings is 1. The second-order valence-electron chi connectivity index (χ2n) is 8.35. The Morgan fingerprint density at radius 3 is 2.59 bits per heavy atom. The van der Waals surface area contributed by atoms with E-state index in [0.717, 1.165) is 32.7 Å². The Morgan fingerprint density at radius 2 is 1.94 bits per heavy atom. The van der Waals surface area contributed by atoms with E-state index in [9.17, 15) is 13.2 Å². The van der Waals surface area contributed by atoms with Gasteiger partial charge in [-0.05, 0) is 62.9 Å². The van der Waals surface area contributed by atoms with Crippen LogP contribution in [0.2, 0.25) is 4.34 Å². The third kappa shape index (κ3) is 5.32. The topological polar surface area (TPSA) is 81.0 Å². The van der Waals surface area contributed by atoms with Gasteiger partial charge >= 0.3 is 0 Å². The molecule has 0 atom stereocenters. The molecule has 1 saturated heterocycles. The van der Waals surface area contributed by atoms with Crippen molar-refractivity contribution in [3.63, 3.8) is 0 Å². The number of sulfonamides is 1. The van der Waals surface area contributed by atoms with Crippen molar-refractivity contribution in [2.45, 2.75) is 44.4 Å². The van der Waals surface area contributed by atoms with E-state index >= 15 is 0 Å².